The van der Waals surface area contributed by atoms with Crippen molar-refractivity contribution in [1.29, 1.82) is 0 Å². The van der Waals surface area contributed by atoms with Gasteiger partial charge in [-0.05, 0) is 25.5 Å². The Morgan fingerprint density at radius 2 is 1.93 bits per heavy atom. The first-order valence-corrected chi connectivity index (χ1v) is 4.63. The molecule has 0 unspecified atom stereocenters. The van der Waals surface area contributed by atoms with Crippen molar-refractivity contribution in [1.82, 2.24) is 0 Å². The summed E-state index contributed by atoms with van der Waals surface area (Å²) in [6, 6.07) is 4.81. The molecule has 0 amide bonds. The Morgan fingerprint density at radius 3 is 2.40 bits per heavy atom. The highest BCUT2D eigenvalue weighted by Crippen LogP contribution is 2.12. The summed E-state index contributed by atoms with van der Waals surface area (Å²) in [6.45, 7) is 2.90. The summed E-state index contributed by atoms with van der Waals surface area (Å²) >= 11 is 0. The van der Waals surface area contributed by atoms with Gasteiger partial charge in [-0.3, -0.25) is 14.4 Å². The highest BCUT2D eigenvalue weighted by atomic mass is 16.1. The van der Waals surface area contributed by atoms with Crippen molar-refractivity contribution in [2.24, 2.45) is 0 Å². The fraction of sp³-hybridized carbons (Fsp3) is 0.250. The standard InChI is InChI=1S/C12H12O3/c1-8(14)5-11-4-3-10(9(2)15)6-12(11)7-13/h3-4,6-7H,5H2,1-2H3. The van der Waals surface area contributed by atoms with Crippen LogP contribution in [0.3, 0.4) is 0 Å². The number of rotatable bonds is 4. The third-order valence-corrected chi connectivity index (χ3v) is 2.12. The summed E-state index contributed by atoms with van der Waals surface area (Å²) in [6.07, 6.45) is 0.900. The van der Waals surface area contributed by atoms with Crippen molar-refractivity contribution < 1.29 is 14.4 Å². The molecule has 0 bridgehead atoms. The molecule has 15 heavy (non-hydrogen) atoms. The zero-order chi connectivity index (χ0) is 11.4. The molecule has 0 aromatic heterocycles. The first kappa shape index (κ1) is 11.3. The molecule has 1 rings (SSSR count). The molecule has 0 spiro atoms. The summed E-state index contributed by atoms with van der Waals surface area (Å²) in [5, 5.41) is 0. The van der Waals surface area contributed by atoms with Crippen LogP contribution in [0.15, 0.2) is 18.2 Å². The van der Waals surface area contributed by atoms with E-state index < -0.39 is 0 Å². The number of benzene rings is 1. The highest BCUT2D eigenvalue weighted by molar-refractivity contribution is 5.96. The van der Waals surface area contributed by atoms with Crippen LogP contribution in [-0.4, -0.2) is 17.9 Å². The van der Waals surface area contributed by atoms with Gasteiger partial charge < -0.3 is 0 Å². The van der Waals surface area contributed by atoms with E-state index in [9.17, 15) is 14.4 Å². The van der Waals surface area contributed by atoms with E-state index in [0.29, 0.717) is 23.0 Å². The van der Waals surface area contributed by atoms with E-state index in [1.807, 2.05) is 0 Å². The lowest BCUT2D eigenvalue weighted by Crippen LogP contribution is -2.02. The van der Waals surface area contributed by atoms with Gasteiger partial charge in [-0.25, -0.2) is 0 Å². The van der Waals surface area contributed by atoms with Gasteiger partial charge in [0.2, 0.25) is 0 Å². The van der Waals surface area contributed by atoms with Gasteiger partial charge in [0, 0.05) is 17.5 Å². The zero-order valence-electron chi connectivity index (χ0n) is 8.74. The average molecular weight is 204 g/mol. The Labute approximate surface area is 88.1 Å². The van der Waals surface area contributed by atoms with Gasteiger partial charge in [-0.15, -0.1) is 0 Å². The average Bonchev–Trinajstić information content (AvgIpc) is 2.17. The topological polar surface area (TPSA) is 51.2 Å². The Bertz CT molecular complexity index is 419. The highest BCUT2D eigenvalue weighted by Gasteiger charge is 2.07. The van der Waals surface area contributed by atoms with E-state index in [4.69, 9.17) is 0 Å². The molecule has 0 saturated heterocycles. The van der Waals surface area contributed by atoms with Crippen LogP contribution in [0.2, 0.25) is 0 Å². The summed E-state index contributed by atoms with van der Waals surface area (Å²) in [7, 11) is 0. The summed E-state index contributed by atoms with van der Waals surface area (Å²) < 4.78 is 0. The zero-order valence-corrected chi connectivity index (χ0v) is 8.74. The van der Waals surface area contributed by atoms with Gasteiger partial charge in [0.15, 0.2) is 5.78 Å². The number of carbonyl (C=O) groups is 3. The van der Waals surface area contributed by atoms with Crippen LogP contribution in [0.4, 0.5) is 0 Å². The predicted molar refractivity (Wildman–Crippen MR) is 56.2 cm³/mol. The molecule has 0 heterocycles. The number of aldehydes is 1. The van der Waals surface area contributed by atoms with E-state index in [2.05, 4.69) is 0 Å². The molecule has 1 aromatic rings. The maximum Gasteiger partial charge on any atom is 0.159 e. The summed E-state index contributed by atoms with van der Waals surface area (Å²) in [4.78, 5) is 32.7. The molecule has 0 saturated carbocycles. The minimum absolute atomic E-state index is 0.00586. The molecule has 3 nitrogen and oxygen atoms in total. The number of carbonyl (C=O) groups excluding carboxylic acids is 3. The number of Topliss-reactive ketones (excluding diaryl/α,β-unsaturated/α-hetero) is 2. The van der Waals surface area contributed by atoms with Gasteiger partial charge in [-0.2, -0.15) is 0 Å². The second kappa shape index (κ2) is 4.64. The minimum Gasteiger partial charge on any atom is -0.300 e. The van der Waals surface area contributed by atoms with Crippen molar-refractivity contribution in [3.05, 3.63) is 34.9 Å². The smallest absolute Gasteiger partial charge is 0.159 e. The molecule has 3 heteroatoms. The van der Waals surface area contributed by atoms with Crippen LogP contribution >= 0.6 is 0 Å². The second-order valence-electron chi connectivity index (χ2n) is 3.47. The van der Waals surface area contributed by atoms with Gasteiger partial charge in [0.1, 0.15) is 12.1 Å². The Hall–Kier alpha value is -1.77. The van der Waals surface area contributed by atoms with Crippen molar-refractivity contribution in [3.8, 4) is 0 Å². The normalized spacial score (nSPS) is 9.73. The summed E-state index contributed by atoms with van der Waals surface area (Å²) in [5.74, 6) is -0.0962. The lowest BCUT2D eigenvalue weighted by molar-refractivity contribution is -0.116. The van der Waals surface area contributed by atoms with Crippen LogP contribution in [0.25, 0.3) is 0 Å². The van der Waals surface area contributed by atoms with Crippen molar-refractivity contribution in [2.45, 2.75) is 20.3 Å². The molecule has 0 aliphatic carbocycles. The maximum absolute atomic E-state index is 11.1. The van der Waals surface area contributed by atoms with E-state index in [-0.39, 0.29) is 18.0 Å². The minimum atomic E-state index is -0.0903. The SMILES string of the molecule is CC(=O)Cc1ccc(C(C)=O)cc1C=O. The Morgan fingerprint density at radius 1 is 1.27 bits per heavy atom. The molecular formula is C12H12O3. The quantitative estimate of drug-likeness (QED) is 0.555. The third-order valence-electron chi connectivity index (χ3n) is 2.12. The first-order valence-electron chi connectivity index (χ1n) is 4.63. The van der Waals surface area contributed by atoms with Crippen LogP contribution in [0, 0.1) is 0 Å². The van der Waals surface area contributed by atoms with Crippen LogP contribution in [0.5, 0.6) is 0 Å². The Kier molecular flexibility index (Phi) is 3.50. The third kappa shape index (κ3) is 2.84. The fourth-order valence-electron chi connectivity index (χ4n) is 1.35. The molecule has 0 aliphatic rings. The Balaban J connectivity index is 3.14. The molecule has 0 fully saturated rings. The van der Waals surface area contributed by atoms with Crippen LogP contribution < -0.4 is 0 Å². The monoisotopic (exact) mass is 204 g/mol. The lowest BCUT2D eigenvalue weighted by Gasteiger charge is -2.04. The molecule has 0 atom stereocenters. The molecule has 0 aliphatic heterocycles. The largest absolute Gasteiger partial charge is 0.300 e. The molecule has 78 valence electrons. The van der Waals surface area contributed by atoms with Crippen LogP contribution in [0.1, 0.15) is 40.1 Å². The molecule has 0 radical (unpaired) electrons. The van der Waals surface area contributed by atoms with Crippen molar-refractivity contribution in [3.63, 3.8) is 0 Å². The van der Waals surface area contributed by atoms with E-state index in [1.165, 1.54) is 19.9 Å². The maximum atomic E-state index is 11.1. The van der Waals surface area contributed by atoms with Crippen molar-refractivity contribution >= 4 is 17.9 Å². The van der Waals surface area contributed by atoms with Gasteiger partial charge >= 0.3 is 0 Å². The molecular weight excluding hydrogens is 192 g/mol. The number of ketones is 2. The van der Waals surface area contributed by atoms with E-state index in [0.717, 1.165) is 0 Å². The van der Waals surface area contributed by atoms with Crippen molar-refractivity contribution in [2.75, 3.05) is 0 Å². The summed E-state index contributed by atoms with van der Waals surface area (Å²) in [5.41, 5.74) is 1.57. The van der Waals surface area contributed by atoms with E-state index in [1.54, 1.807) is 12.1 Å². The molecule has 0 N–H and O–H groups in total. The first-order chi connectivity index (χ1) is 7.04. The lowest BCUT2D eigenvalue weighted by atomic mass is 9.99. The predicted octanol–water partition coefficient (Wildman–Crippen LogP) is 1.83. The molecule has 1 aromatic carbocycles. The van der Waals surface area contributed by atoms with Gasteiger partial charge in [-0.1, -0.05) is 12.1 Å². The fourth-order valence-corrected chi connectivity index (χ4v) is 1.35. The number of hydrogen-bond acceptors (Lipinski definition) is 3. The van der Waals surface area contributed by atoms with E-state index >= 15 is 0 Å². The second-order valence-corrected chi connectivity index (χ2v) is 3.47. The van der Waals surface area contributed by atoms with Gasteiger partial charge in [0.25, 0.3) is 0 Å². The number of hydrogen-bond donors (Lipinski definition) is 0. The van der Waals surface area contributed by atoms with Crippen LogP contribution in [-0.2, 0) is 11.2 Å². The van der Waals surface area contributed by atoms with Gasteiger partial charge in [0.05, 0.1) is 0 Å².